The van der Waals surface area contributed by atoms with Crippen LogP contribution in [0.5, 0.6) is 23.1 Å². The Morgan fingerprint density at radius 3 is 2.44 bits per heavy atom. The maximum absolute atomic E-state index is 13.9. The van der Waals surface area contributed by atoms with Crippen LogP contribution in [-0.4, -0.2) is 42.8 Å². The highest BCUT2D eigenvalue weighted by molar-refractivity contribution is 6.08. The normalized spacial score (nSPS) is 13.4. The van der Waals surface area contributed by atoms with Gasteiger partial charge in [-0.15, -0.1) is 0 Å². The monoisotopic (exact) mass is 461 g/mol. The van der Waals surface area contributed by atoms with Gasteiger partial charge in [-0.3, -0.25) is 14.7 Å². The molecule has 34 heavy (non-hydrogen) atoms. The van der Waals surface area contributed by atoms with E-state index in [0.29, 0.717) is 28.6 Å². The first-order valence-electron chi connectivity index (χ1n) is 10.8. The molecule has 1 amide bonds. The fourth-order valence-electron chi connectivity index (χ4n) is 3.76. The Labute approximate surface area is 198 Å². The van der Waals surface area contributed by atoms with Crippen LogP contribution in [0.2, 0.25) is 0 Å². The van der Waals surface area contributed by atoms with Gasteiger partial charge in [0.25, 0.3) is 11.8 Å². The van der Waals surface area contributed by atoms with Gasteiger partial charge in [0, 0.05) is 12.4 Å². The smallest absolute Gasteiger partial charge is 0.263 e. The number of rotatable bonds is 7. The number of amides is 1. The maximum Gasteiger partial charge on any atom is 0.263 e. The summed E-state index contributed by atoms with van der Waals surface area (Å²) in [6, 6.07) is 10.7. The van der Waals surface area contributed by atoms with Crippen molar-refractivity contribution in [2.45, 2.75) is 26.0 Å². The molecule has 1 aromatic carbocycles. The Bertz CT molecular complexity index is 1220. The molecule has 0 saturated heterocycles. The Morgan fingerprint density at radius 2 is 1.76 bits per heavy atom. The van der Waals surface area contributed by atoms with Crippen LogP contribution in [0.25, 0.3) is 6.08 Å². The molecule has 3 heterocycles. The SMILES string of the molecule is COc1ccc(N(Cc2ccncc2)C(=O)c2ccc3c(c2OC)C=CC(C)(C)O3)nc1OC. The van der Waals surface area contributed by atoms with Crippen LogP contribution >= 0.6 is 0 Å². The van der Waals surface area contributed by atoms with Gasteiger partial charge in [-0.2, -0.15) is 4.98 Å². The molecule has 0 atom stereocenters. The number of carbonyl (C=O) groups is 1. The van der Waals surface area contributed by atoms with Gasteiger partial charge in [-0.05, 0) is 68.0 Å². The van der Waals surface area contributed by atoms with Crippen molar-refractivity contribution < 1.29 is 23.7 Å². The molecule has 0 spiro atoms. The van der Waals surface area contributed by atoms with E-state index in [4.69, 9.17) is 18.9 Å². The third kappa shape index (κ3) is 4.52. The zero-order valence-electron chi connectivity index (χ0n) is 19.9. The van der Waals surface area contributed by atoms with Gasteiger partial charge in [0.1, 0.15) is 22.9 Å². The Morgan fingerprint density at radius 1 is 1.00 bits per heavy atom. The third-order valence-corrected chi connectivity index (χ3v) is 5.45. The summed E-state index contributed by atoms with van der Waals surface area (Å²) >= 11 is 0. The van der Waals surface area contributed by atoms with Crippen LogP contribution in [0.15, 0.2) is 54.9 Å². The number of pyridine rings is 2. The fourth-order valence-corrected chi connectivity index (χ4v) is 3.76. The lowest BCUT2D eigenvalue weighted by Crippen LogP contribution is -2.32. The summed E-state index contributed by atoms with van der Waals surface area (Å²) in [7, 11) is 4.58. The summed E-state index contributed by atoms with van der Waals surface area (Å²) in [5.41, 5.74) is 1.55. The number of hydrogen-bond donors (Lipinski definition) is 0. The first-order chi connectivity index (χ1) is 16.4. The topological polar surface area (TPSA) is 83.0 Å². The lowest BCUT2D eigenvalue weighted by Gasteiger charge is -2.30. The molecule has 0 saturated carbocycles. The molecule has 8 nitrogen and oxygen atoms in total. The number of benzene rings is 1. The Balaban J connectivity index is 1.80. The standard InChI is InChI=1S/C26H27N3O5/c1-26(2)13-10-18-20(34-26)7-6-19(23(18)32-4)25(30)29(16-17-11-14-27-15-12-17)22-9-8-21(31-3)24(28-22)33-5/h6-15H,16H2,1-5H3. The first-order valence-corrected chi connectivity index (χ1v) is 10.8. The van der Waals surface area contributed by atoms with Gasteiger partial charge in [-0.1, -0.05) is 0 Å². The average Bonchev–Trinajstić information content (AvgIpc) is 2.85. The molecule has 1 aliphatic rings. The predicted octanol–water partition coefficient (Wildman–Crippen LogP) is 4.53. The van der Waals surface area contributed by atoms with Gasteiger partial charge in [-0.25, -0.2) is 0 Å². The number of nitrogens with zero attached hydrogens (tertiary/aromatic N) is 3. The molecular weight excluding hydrogens is 434 g/mol. The Kier molecular flexibility index (Phi) is 6.40. The summed E-state index contributed by atoms with van der Waals surface area (Å²) in [6.45, 7) is 4.21. The van der Waals surface area contributed by atoms with Crippen molar-refractivity contribution in [1.82, 2.24) is 9.97 Å². The molecule has 4 rings (SSSR count). The molecule has 0 aliphatic carbocycles. The summed E-state index contributed by atoms with van der Waals surface area (Å²) in [5.74, 6) is 1.98. The van der Waals surface area contributed by atoms with E-state index in [1.54, 1.807) is 48.7 Å². The molecular formula is C26H27N3O5. The second-order valence-electron chi connectivity index (χ2n) is 8.22. The molecule has 0 unspecified atom stereocenters. The molecule has 8 heteroatoms. The van der Waals surface area contributed by atoms with Crippen molar-refractivity contribution in [3.8, 4) is 23.1 Å². The van der Waals surface area contributed by atoms with Crippen LogP contribution in [-0.2, 0) is 6.54 Å². The van der Waals surface area contributed by atoms with E-state index in [2.05, 4.69) is 9.97 Å². The van der Waals surface area contributed by atoms with Crippen molar-refractivity contribution in [2.24, 2.45) is 0 Å². The van der Waals surface area contributed by atoms with Crippen LogP contribution in [0.1, 0.15) is 35.3 Å². The third-order valence-electron chi connectivity index (χ3n) is 5.45. The van der Waals surface area contributed by atoms with Crippen molar-refractivity contribution in [2.75, 3.05) is 26.2 Å². The second kappa shape index (κ2) is 9.43. The number of aromatic nitrogens is 2. The molecule has 0 fully saturated rings. The highest BCUT2D eigenvalue weighted by atomic mass is 16.5. The molecule has 2 aromatic heterocycles. The van der Waals surface area contributed by atoms with Crippen molar-refractivity contribution in [3.63, 3.8) is 0 Å². The molecule has 0 N–H and O–H groups in total. The molecule has 1 aliphatic heterocycles. The minimum absolute atomic E-state index is 0.267. The van der Waals surface area contributed by atoms with E-state index < -0.39 is 5.60 Å². The number of methoxy groups -OCH3 is 3. The van der Waals surface area contributed by atoms with Crippen molar-refractivity contribution in [1.29, 1.82) is 0 Å². The molecule has 0 bridgehead atoms. The Hall–Kier alpha value is -4.07. The lowest BCUT2D eigenvalue weighted by molar-refractivity contribution is 0.0981. The minimum Gasteiger partial charge on any atom is -0.495 e. The van der Waals surface area contributed by atoms with Gasteiger partial charge in [0.15, 0.2) is 5.75 Å². The number of hydrogen-bond acceptors (Lipinski definition) is 7. The van der Waals surface area contributed by atoms with E-state index in [1.165, 1.54) is 14.2 Å². The number of ether oxygens (including phenoxy) is 4. The number of fused-ring (bicyclic) bond motifs is 1. The van der Waals surface area contributed by atoms with Gasteiger partial charge < -0.3 is 18.9 Å². The first kappa shape index (κ1) is 23.1. The van der Waals surface area contributed by atoms with E-state index in [9.17, 15) is 4.79 Å². The van der Waals surface area contributed by atoms with Crippen LogP contribution in [0.3, 0.4) is 0 Å². The zero-order valence-corrected chi connectivity index (χ0v) is 19.9. The summed E-state index contributed by atoms with van der Waals surface area (Å²) in [4.78, 5) is 24.1. The number of anilines is 1. The lowest BCUT2D eigenvalue weighted by atomic mass is 9.99. The summed E-state index contributed by atoms with van der Waals surface area (Å²) in [6.07, 6.45) is 7.24. The second-order valence-corrected chi connectivity index (χ2v) is 8.22. The molecule has 0 radical (unpaired) electrons. The quantitative estimate of drug-likeness (QED) is 0.511. The van der Waals surface area contributed by atoms with E-state index in [-0.39, 0.29) is 18.3 Å². The minimum atomic E-state index is -0.444. The fraction of sp³-hybridized carbons (Fsp3) is 0.269. The van der Waals surface area contributed by atoms with Crippen LogP contribution < -0.4 is 23.8 Å². The van der Waals surface area contributed by atoms with Crippen molar-refractivity contribution >= 4 is 17.8 Å². The van der Waals surface area contributed by atoms with Crippen molar-refractivity contribution in [3.05, 3.63) is 71.6 Å². The number of carbonyl (C=O) groups excluding carboxylic acids is 1. The van der Waals surface area contributed by atoms with Gasteiger partial charge in [0.05, 0.1) is 39.0 Å². The highest BCUT2D eigenvalue weighted by Gasteiger charge is 2.29. The van der Waals surface area contributed by atoms with E-state index in [0.717, 1.165) is 11.1 Å². The summed E-state index contributed by atoms with van der Waals surface area (Å²) in [5, 5.41) is 0. The zero-order chi connectivity index (χ0) is 24.3. The van der Waals surface area contributed by atoms with E-state index in [1.807, 2.05) is 38.1 Å². The highest BCUT2D eigenvalue weighted by Crippen LogP contribution is 2.40. The van der Waals surface area contributed by atoms with E-state index >= 15 is 0 Å². The van der Waals surface area contributed by atoms with Gasteiger partial charge in [0.2, 0.25) is 0 Å². The van der Waals surface area contributed by atoms with Gasteiger partial charge >= 0.3 is 0 Å². The molecule has 176 valence electrons. The van der Waals surface area contributed by atoms with Crippen LogP contribution in [0.4, 0.5) is 5.82 Å². The maximum atomic E-state index is 13.9. The van der Waals surface area contributed by atoms with Crippen LogP contribution in [0, 0.1) is 0 Å². The predicted molar refractivity (Wildman–Crippen MR) is 129 cm³/mol. The summed E-state index contributed by atoms with van der Waals surface area (Å²) < 4.78 is 22.4. The molecule has 3 aromatic rings. The largest absolute Gasteiger partial charge is 0.495 e. The average molecular weight is 462 g/mol.